The van der Waals surface area contributed by atoms with Crippen molar-refractivity contribution < 1.29 is 17.3 Å². The summed E-state index contributed by atoms with van der Waals surface area (Å²) in [7, 11) is -2.29. The highest BCUT2D eigenvalue weighted by atomic mass is 79.9. The number of benzene rings is 2. The quantitative estimate of drug-likeness (QED) is 0.601. The van der Waals surface area contributed by atoms with Crippen molar-refractivity contribution in [2.45, 2.75) is 30.8 Å². The summed E-state index contributed by atoms with van der Waals surface area (Å²) in [6.45, 7) is 3.61. The van der Waals surface area contributed by atoms with Crippen LogP contribution in [0, 0.1) is 0 Å². The molecule has 24 heavy (non-hydrogen) atoms. The lowest BCUT2D eigenvalue weighted by Crippen LogP contribution is -2.21. The molecule has 0 N–H and O–H groups in total. The Bertz CT molecular complexity index is 806. The molecule has 0 amide bonds. The Labute approximate surface area is 156 Å². The van der Waals surface area contributed by atoms with Gasteiger partial charge in [-0.05, 0) is 48.9 Å². The van der Waals surface area contributed by atoms with E-state index in [0.29, 0.717) is 10.8 Å². The van der Waals surface area contributed by atoms with Gasteiger partial charge in [-0.3, -0.25) is 4.18 Å². The molecule has 4 nitrogen and oxygen atoms in total. The number of ether oxygens (including phenoxy) is 1. The molecule has 130 valence electrons. The maximum absolute atomic E-state index is 12.4. The average molecular weight is 434 g/mol. The van der Waals surface area contributed by atoms with Crippen molar-refractivity contribution in [3.63, 3.8) is 0 Å². The van der Waals surface area contributed by atoms with Gasteiger partial charge in [0.15, 0.2) is 0 Å². The Hall–Kier alpha value is -1.08. The van der Waals surface area contributed by atoms with Gasteiger partial charge >= 0.3 is 0 Å². The van der Waals surface area contributed by atoms with Gasteiger partial charge in [0, 0.05) is 10.4 Å². The van der Waals surface area contributed by atoms with Crippen molar-refractivity contribution in [1.82, 2.24) is 0 Å². The van der Waals surface area contributed by atoms with E-state index in [1.54, 1.807) is 38.3 Å². The molecule has 0 heterocycles. The number of methoxy groups -OCH3 is 1. The molecule has 2 atom stereocenters. The van der Waals surface area contributed by atoms with Crippen LogP contribution in [0.4, 0.5) is 0 Å². The molecule has 0 unspecified atom stereocenters. The lowest BCUT2D eigenvalue weighted by molar-refractivity contribution is 0.202. The molecule has 0 aliphatic heterocycles. The monoisotopic (exact) mass is 432 g/mol. The summed E-state index contributed by atoms with van der Waals surface area (Å²) in [4.78, 5) is 0.123. The normalized spacial score (nSPS) is 14.2. The van der Waals surface area contributed by atoms with E-state index in [4.69, 9.17) is 20.5 Å². The fourth-order valence-electron chi connectivity index (χ4n) is 2.18. The van der Waals surface area contributed by atoms with Crippen LogP contribution in [-0.4, -0.2) is 21.6 Å². The van der Waals surface area contributed by atoms with Crippen molar-refractivity contribution in [2.24, 2.45) is 0 Å². The minimum atomic E-state index is -3.83. The lowest BCUT2D eigenvalue weighted by Gasteiger charge is -2.21. The fourth-order valence-corrected chi connectivity index (χ4v) is 3.85. The molecular weight excluding hydrogens is 416 g/mol. The molecule has 2 aromatic carbocycles. The van der Waals surface area contributed by atoms with E-state index in [0.717, 1.165) is 10.0 Å². The molecule has 7 heteroatoms. The fraction of sp³-hybridized carbons (Fsp3) is 0.294. The largest absolute Gasteiger partial charge is 0.495 e. The Morgan fingerprint density at radius 2 is 1.71 bits per heavy atom. The van der Waals surface area contributed by atoms with E-state index < -0.39 is 16.2 Å². The molecule has 0 bridgehead atoms. The van der Waals surface area contributed by atoms with Gasteiger partial charge in [-0.2, -0.15) is 8.42 Å². The summed E-state index contributed by atoms with van der Waals surface area (Å²) in [5, 5.41) is 0.477. The first kappa shape index (κ1) is 19.2. The molecule has 0 saturated heterocycles. The van der Waals surface area contributed by atoms with Gasteiger partial charge in [0.05, 0.1) is 23.1 Å². The van der Waals surface area contributed by atoms with Crippen LogP contribution in [0.2, 0.25) is 5.02 Å². The summed E-state index contributed by atoms with van der Waals surface area (Å²) in [5.74, 6) is 0.405. The van der Waals surface area contributed by atoms with Crippen molar-refractivity contribution in [1.29, 1.82) is 0 Å². The molecular formula is C17H18BrClO4S. The zero-order valence-corrected chi connectivity index (χ0v) is 16.7. The molecule has 0 saturated carbocycles. The van der Waals surface area contributed by atoms with E-state index in [-0.39, 0.29) is 10.8 Å². The highest BCUT2D eigenvalue weighted by Crippen LogP contribution is 2.31. The minimum absolute atomic E-state index is 0.123. The van der Waals surface area contributed by atoms with Gasteiger partial charge in [0.1, 0.15) is 5.75 Å². The zero-order valence-electron chi connectivity index (χ0n) is 13.5. The second-order valence-corrected chi connectivity index (χ2v) is 8.29. The summed E-state index contributed by atoms with van der Waals surface area (Å²) < 4.78 is 36.0. The predicted octanol–water partition coefficient (Wildman–Crippen LogP) is 5.01. The van der Waals surface area contributed by atoms with Gasteiger partial charge in [-0.15, -0.1) is 0 Å². The first-order chi connectivity index (χ1) is 11.2. The third-order valence-corrected chi connectivity index (χ3v) is 6.02. The van der Waals surface area contributed by atoms with Crippen molar-refractivity contribution in [3.05, 3.63) is 57.5 Å². The molecule has 0 aliphatic carbocycles. The number of hydrogen-bond acceptors (Lipinski definition) is 4. The Balaban J connectivity index is 2.17. The zero-order chi connectivity index (χ0) is 17.9. The van der Waals surface area contributed by atoms with Gasteiger partial charge in [-0.25, -0.2) is 0 Å². The minimum Gasteiger partial charge on any atom is -0.495 e. The molecule has 0 aliphatic rings. The summed E-state index contributed by atoms with van der Waals surface area (Å²) >= 11 is 9.41. The van der Waals surface area contributed by atoms with E-state index in [1.807, 2.05) is 13.0 Å². The summed E-state index contributed by atoms with van der Waals surface area (Å²) in [5.41, 5.74) is 0.874. The van der Waals surface area contributed by atoms with Crippen LogP contribution in [0.5, 0.6) is 5.75 Å². The van der Waals surface area contributed by atoms with Crippen LogP contribution in [0.1, 0.15) is 25.3 Å². The molecule has 2 aromatic rings. The van der Waals surface area contributed by atoms with E-state index in [1.165, 1.54) is 12.1 Å². The second-order valence-electron chi connectivity index (χ2n) is 5.39. The van der Waals surface area contributed by atoms with Crippen LogP contribution in [-0.2, 0) is 14.3 Å². The number of hydrogen-bond donors (Lipinski definition) is 0. The van der Waals surface area contributed by atoms with Crippen LogP contribution < -0.4 is 4.74 Å². The standard InChI is InChI=1S/C17H18BrClO4S/c1-11(13-4-9-17(22-3)16(19)10-13)12(2)23-24(20,21)15-7-5-14(18)6-8-15/h4-12H,1-3H3/t11-,12-/m1/s1. The van der Waals surface area contributed by atoms with Crippen molar-refractivity contribution in [3.8, 4) is 5.75 Å². The smallest absolute Gasteiger partial charge is 0.297 e. The molecule has 0 fully saturated rings. The topological polar surface area (TPSA) is 52.6 Å². The van der Waals surface area contributed by atoms with Crippen LogP contribution in [0.15, 0.2) is 51.8 Å². The number of rotatable bonds is 6. The summed E-state index contributed by atoms with van der Waals surface area (Å²) in [6.07, 6.45) is -0.553. The van der Waals surface area contributed by atoms with Gasteiger partial charge in [-0.1, -0.05) is 40.5 Å². The van der Waals surface area contributed by atoms with Crippen LogP contribution >= 0.6 is 27.5 Å². The maximum Gasteiger partial charge on any atom is 0.297 e. The highest BCUT2D eigenvalue weighted by molar-refractivity contribution is 9.10. The van der Waals surface area contributed by atoms with E-state index in [9.17, 15) is 8.42 Å². The van der Waals surface area contributed by atoms with Gasteiger partial charge < -0.3 is 4.74 Å². The Morgan fingerprint density at radius 1 is 1.08 bits per heavy atom. The Kier molecular flexibility index (Phi) is 6.31. The SMILES string of the molecule is COc1ccc([C@H](C)[C@@H](C)OS(=O)(=O)c2ccc(Br)cc2)cc1Cl. The van der Waals surface area contributed by atoms with Crippen LogP contribution in [0.25, 0.3) is 0 Å². The van der Waals surface area contributed by atoms with E-state index in [2.05, 4.69) is 15.9 Å². The third-order valence-electron chi connectivity index (χ3n) is 3.79. The molecule has 2 rings (SSSR count). The van der Waals surface area contributed by atoms with Gasteiger partial charge in [0.2, 0.25) is 0 Å². The molecule has 0 spiro atoms. The first-order valence-corrected chi connectivity index (χ1v) is 9.85. The van der Waals surface area contributed by atoms with Crippen LogP contribution in [0.3, 0.4) is 0 Å². The molecule has 0 radical (unpaired) electrons. The third kappa shape index (κ3) is 4.51. The Morgan fingerprint density at radius 3 is 2.25 bits per heavy atom. The maximum atomic E-state index is 12.4. The van der Waals surface area contributed by atoms with E-state index >= 15 is 0 Å². The summed E-state index contributed by atoms with van der Waals surface area (Å²) in [6, 6.07) is 11.7. The predicted molar refractivity (Wildman–Crippen MR) is 98.3 cm³/mol. The van der Waals surface area contributed by atoms with Crippen molar-refractivity contribution >= 4 is 37.6 Å². The highest BCUT2D eigenvalue weighted by Gasteiger charge is 2.24. The molecule has 0 aromatic heterocycles. The first-order valence-electron chi connectivity index (χ1n) is 7.27. The van der Waals surface area contributed by atoms with Crippen molar-refractivity contribution in [2.75, 3.05) is 7.11 Å². The van der Waals surface area contributed by atoms with Gasteiger partial charge in [0.25, 0.3) is 10.1 Å². The lowest BCUT2D eigenvalue weighted by atomic mass is 9.96. The average Bonchev–Trinajstić information content (AvgIpc) is 2.54. The second kappa shape index (κ2) is 7.87. The number of halogens is 2.